The molecule has 2 heterocycles. The van der Waals surface area contributed by atoms with Crippen LogP contribution in [-0.4, -0.2) is 133 Å². The summed E-state index contributed by atoms with van der Waals surface area (Å²) < 4.78 is 23.0. The Labute approximate surface area is 273 Å². The van der Waals surface area contributed by atoms with Crippen molar-refractivity contribution in [2.45, 2.75) is 139 Å². The maximum absolute atomic E-state index is 13.4. The molecule has 0 radical (unpaired) electrons. The molecular weight excluding hydrogens is 620 g/mol. The van der Waals surface area contributed by atoms with Crippen molar-refractivity contribution in [1.29, 1.82) is 0 Å². The fraction of sp³-hybridized carbons (Fsp3) is 0.879. The molecule has 0 aromatic rings. The predicted molar refractivity (Wildman–Crippen MR) is 159 cm³/mol. The van der Waals surface area contributed by atoms with Crippen molar-refractivity contribution in [2.24, 2.45) is 28.1 Å². The molecule has 14 heteroatoms. The number of esters is 1. The second-order valence-corrected chi connectivity index (χ2v) is 15.5. The van der Waals surface area contributed by atoms with Gasteiger partial charge in [-0.15, -0.1) is 0 Å². The molecule has 266 valence electrons. The molecule has 4 unspecified atom stereocenters. The van der Waals surface area contributed by atoms with E-state index in [0.717, 1.165) is 38.4 Å². The summed E-state index contributed by atoms with van der Waals surface area (Å²) in [5, 5.41) is 81.1. The van der Waals surface area contributed by atoms with Gasteiger partial charge in [0.05, 0.1) is 19.6 Å². The highest BCUT2D eigenvalue weighted by Crippen LogP contribution is 2.72. The van der Waals surface area contributed by atoms with Crippen LogP contribution in [0.1, 0.15) is 71.6 Å². The Balaban J connectivity index is 1.19. The number of carbonyl (C=O) groups is 2. The molecule has 4 aliphatic carbocycles. The largest absolute Gasteiger partial charge is 0.433 e. The highest BCUT2D eigenvalue weighted by molar-refractivity contribution is 5.78. The van der Waals surface area contributed by atoms with Gasteiger partial charge >= 0.3 is 5.97 Å². The third kappa shape index (κ3) is 5.61. The third-order valence-electron chi connectivity index (χ3n) is 12.9. The van der Waals surface area contributed by atoms with Crippen molar-refractivity contribution < 1.29 is 69.4 Å². The van der Waals surface area contributed by atoms with E-state index < -0.39 is 91.6 Å². The molecule has 0 amide bonds. The Morgan fingerprint density at radius 3 is 2.04 bits per heavy atom. The van der Waals surface area contributed by atoms with Crippen molar-refractivity contribution in [3.05, 3.63) is 11.6 Å². The number of hydrogen-bond donors (Lipinski definition) is 8. The first-order valence-electron chi connectivity index (χ1n) is 16.8. The Morgan fingerprint density at radius 1 is 0.830 bits per heavy atom. The molecule has 1 spiro atoms. The summed E-state index contributed by atoms with van der Waals surface area (Å²) >= 11 is 0. The first-order chi connectivity index (χ1) is 22.2. The summed E-state index contributed by atoms with van der Waals surface area (Å²) in [6.07, 6.45) is -6.27. The number of ether oxygens (including phenoxy) is 4. The van der Waals surface area contributed by atoms with E-state index in [2.05, 4.69) is 13.8 Å². The molecule has 3 saturated carbocycles. The summed E-state index contributed by atoms with van der Waals surface area (Å²) in [7, 11) is 0. The molecule has 5 fully saturated rings. The number of carbonyl (C=O) groups excluding carboxylic acids is 2. The number of allylic oxidation sites excluding steroid dienone is 1. The molecule has 6 rings (SSSR count). The van der Waals surface area contributed by atoms with E-state index in [-0.39, 0.29) is 29.1 Å². The maximum Gasteiger partial charge on any atom is 0.308 e. The Kier molecular flexibility index (Phi) is 9.49. The van der Waals surface area contributed by atoms with Crippen molar-refractivity contribution in [1.82, 2.24) is 0 Å². The summed E-state index contributed by atoms with van der Waals surface area (Å²) in [4.78, 5) is 25.9. The van der Waals surface area contributed by atoms with Crippen LogP contribution in [0.5, 0.6) is 0 Å². The zero-order chi connectivity index (χ0) is 34.1. The van der Waals surface area contributed by atoms with E-state index in [1.165, 1.54) is 0 Å². The van der Waals surface area contributed by atoms with E-state index >= 15 is 0 Å². The number of aldehydes is 1. The zero-order valence-corrected chi connectivity index (χ0v) is 26.9. The van der Waals surface area contributed by atoms with Crippen LogP contribution in [0.25, 0.3) is 0 Å². The van der Waals surface area contributed by atoms with E-state index in [1.54, 1.807) is 0 Å². The number of rotatable bonds is 8. The van der Waals surface area contributed by atoms with Crippen molar-refractivity contribution in [3.63, 3.8) is 0 Å². The summed E-state index contributed by atoms with van der Waals surface area (Å²) in [6, 6.07) is 0. The monoisotopic (exact) mass is 670 g/mol. The van der Waals surface area contributed by atoms with Crippen molar-refractivity contribution in [2.75, 3.05) is 13.2 Å². The van der Waals surface area contributed by atoms with Gasteiger partial charge in [0.25, 0.3) is 0 Å². The lowest BCUT2D eigenvalue weighted by Crippen LogP contribution is -2.62. The van der Waals surface area contributed by atoms with Crippen molar-refractivity contribution in [3.8, 4) is 0 Å². The fourth-order valence-electron chi connectivity index (χ4n) is 10.7. The van der Waals surface area contributed by atoms with Crippen LogP contribution in [0, 0.1) is 28.1 Å². The molecule has 0 aromatic heterocycles. The summed E-state index contributed by atoms with van der Waals surface area (Å²) in [6.45, 7) is 3.13. The third-order valence-corrected chi connectivity index (χ3v) is 12.9. The molecule has 6 aliphatic rings. The number of hydrogen-bond acceptors (Lipinski definition) is 14. The van der Waals surface area contributed by atoms with Gasteiger partial charge in [-0.25, -0.2) is 0 Å². The maximum atomic E-state index is 13.4. The predicted octanol–water partition coefficient (Wildman–Crippen LogP) is -1.19. The smallest absolute Gasteiger partial charge is 0.308 e. The Morgan fingerprint density at radius 2 is 1.43 bits per heavy atom. The fourth-order valence-corrected chi connectivity index (χ4v) is 10.7. The molecule has 2 saturated heterocycles. The highest BCUT2D eigenvalue weighted by Gasteiger charge is 2.67. The van der Waals surface area contributed by atoms with Gasteiger partial charge < -0.3 is 59.8 Å². The lowest BCUT2D eigenvalue weighted by molar-refractivity contribution is -0.328. The molecule has 2 aliphatic heterocycles. The highest BCUT2D eigenvalue weighted by atomic mass is 16.7. The van der Waals surface area contributed by atoms with Crippen molar-refractivity contribution >= 4 is 12.3 Å². The molecule has 8 N–H and O–H groups in total. The van der Waals surface area contributed by atoms with Gasteiger partial charge in [-0.2, -0.15) is 0 Å². The molecule has 2 bridgehead atoms. The first kappa shape index (κ1) is 35.3. The van der Waals surface area contributed by atoms with Gasteiger partial charge in [0.2, 0.25) is 6.29 Å². The molecule has 0 aromatic carbocycles. The van der Waals surface area contributed by atoms with Crippen LogP contribution < -0.4 is 0 Å². The second-order valence-electron chi connectivity index (χ2n) is 15.5. The van der Waals surface area contributed by atoms with Gasteiger partial charge in [0.1, 0.15) is 60.7 Å². The van der Waals surface area contributed by atoms with Crippen LogP contribution in [0.15, 0.2) is 11.6 Å². The Bertz CT molecular complexity index is 1230. The van der Waals surface area contributed by atoms with Crippen LogP contribution in [0.3, 0.4) is 0 Å². The number of aliphatic hydroxyl groups is 8. The molecule has 16 atom stereocenters. The van der Waals surface area contributed by atoms with E-state index in [1.807, 2.05) is 6.08 Å². The van der Waals surface area contributed by atoms with Gasteiger partial charge in [-0.3, -0.25) is 9.59 Å². The topological polar surface area (TPSA) is 233 Å². The van der Waals surface area contributed by atoms with Gasteiger partial charge in [-0.05, 0) is 73.0 Å². The number of aliphatic hydroxyl groups excluding tert-OH is 8. The lowest BCUT2D eigenvalue weighted by atomic mass is 9.40. The summed E-state index contributed by atoms with van der Waals surface area (Å²) in [5.74, 6) is -0.339. The average Bonchev–Trinajstić information content (AvgIpc) is 3.26. The molecular formula is C33H50O14. The SMILES string of the molecule is C[C@@]1(CC(=O)OC2O[C@H](CO)[C@@H](O)[C@H](O)[C@H]2O)CCC[C@]2(C)C1CCC13C=C(C=O)C(O[C@@H]4O[C@H](CO)[C@@H](O)[C@H](O)[C@H]4O)(CC[C@H]12)C3. The lowest BCUT2D eigenvalue weighted by Gasteiger charge is -2.64. The normalized spacial score (nSPS) is 52.6. The minimum absolute atomic E-state index is 0.0432. The average molecular weight is 671 g/mol. The van der Waals surface area contributed by atoms with E-state index in [9.17, 15) is 50.4 Å². The van der Waals surface area contributed by atoms with E-state index in [0.29, 0.717) is 24.8 Å². The van der Waals surface area contributed by atoms with Gasteiger partial charge in [0, 0.05) is 5.57 Å². The quantitative estimate of drug-likeness (QED) is 0.0862. The minimum Gasteiger partial charge on any atom is -0.433 e. The second kappa shape index (κ2) is 12.6. The van der Waals surface area contributed by atoms with Gasteiger partial charge in [0.15, 0.2) is 6.29 Å². The van der Waals surface area contributed by atoms with Crippen LogP contribution in [-0.2, 0) is 28.5 Å². The standard InChI is InChI=1S/C33H50O14/c1-30(11-21(37)46-28-26(42)24(40)22(38)17(13-35)44-28)6-3-7-31(2)19(30)4-8-32-10-16(12-34)33(15-32,9-5-20(31)32)47-29-27(43)25(41)23(39)18(14-36)45-29/h10,12,17-20,22-29,35-36,38-43H,3-9,11,13-15H2,1-2H3/t17-,18-,19?,20+,22-,23-,24+,25+,26-,27-,28?,29+,30+,31-,32?,33?/m1/s1. The zero-order valence-electron chi connectivity index (χ0n) is 26.9. The number of fused-ring (bicyclic) bond motifs is 3. The van der Waals surface area contributed by atoms with Gasteiger partial charge in [-0.1, -0.05) is 26.3 Å². The minimum atomic E-state index is -1.68. The van der Waals surface area contributed by atoms with Crippen LogP contribution >= 0.6 is 0 Å². The van der Waals surface area contributed by atoms with Crippen LogP contribution in [0.4, 0.5) is 0 Å². The van der Waals surface area contributed by atoms with E-state index in [4.69, 9.17) is 18.9 Å². The Hall–Kier alpha value is -1.56. The first-order valence-corrected chi connectivity index (χ1v) is 16.8. The molecule has 14 nitrogen and oxygen atoms in total. The molecule has 47 heavy (non-hydrogen) atoms. The van der Waals surface area contributed by atoms with Crippen LogP contribution in [0.2, 0.25) is 0 Å². The summed E-state index contributed by atoms with van der Waals surface area (Å²) in [5.41, 5.74) is -1.66.